The molecule has 0 saturated carbocycles. The summed E-state index contributed by atoms with van der Waals surface area (Å²) in [5, 5.41) is 2.99. The Kier molecular flexibility index (Phi) is 5.83. The zero-order chi connectivity index (χ0) is 23.0. The van der Waals surface area contributed by atoms with E-state index < -0.39 is 10.0 Å². The van der Waals surface area contributed by atoms with Gasteiger partial charge in [-0.3, -0.25) is 9.59 Å². The third-order valence-corrected chi connectivity index (χ3v) is 8.05. The molecule has 33 heavy (non-hydrogen) atoms. The van der Waals surface area contributed by atoms with Gasteiger partial charge in [-0.05, 0) is 30.3 Å². The van der Waals surface area contributed by atoms with Crippen molar-refractivity contribution in [1.29, 1.82) is 0 Å². The van der Waals surface area contributed by atoms with Crippen molar-refractivity contribution in [2.24, 2.45) is 0 Å². The second-order valence-corrected chi connectivity index (χ2v) is 10.3. The highest BCUT2D eigenvalue weighted by molar-refractivity contribution is 7.99. The summed E-state index contributed by atoms with van der Waals surface area (Å²) in [6.07, 6.45) is 0. The highest BCUT2D eigenvalue weighted by Gasteiger charge is 2.28. The van der Waals surface area contributed by atoms with E-state index in [-0.39, 0.29) is 34.2 Å². The van der Waals surface area contributed by atoms with E-state index >= 15 is 0 Å². The zero-order valence-corrected chi connectivity index (χ0v) is 19.0. The molecule has 0 aliphatic carbocycles. The number of carbonyl (C=O) groups excluding carboxylic acids is 2. The van der Waals surface area contributed by atoms with Crippen LogP contribution in [0.2, 0.25) is 0 Å². The summed E-state index contributed by atoms with van der Waals surface area (Å²) in [6, 6.07) is 11.6. The van der Waals surface area contributed by atoms with E-state index in [1.54, 1.807) is 30.3 Å². The number of anilines is 2. The molecule has 1 aromatic heterocycles. The van der Waals surface area contributed by atoms with E-state index in [0.717, 1.165) is 11.8 Å². The van der Waals surface area contributed by atoms with Crippen molar-refractivity contribution in [3.05, 3.63) is 42.5 Å². The molecule has 0 radical (unpaired) electrons. The molecule has 0 atom stereocenters. The average molecular weight is 489 g/mol. The number of oxazole rings is 1. The maximum Gasteiger partial charge on any atom is 0.257 e. The summed E-state index contributed by atoms with van der Waals surface area (Å²) in [6.45, 7) is 1.28. The number of rotatable bonds is 5. The smallest absolute Gasteiger partial charge is 0.257 e. The Hall–Kier alpha value is -2.93. The molecule has 12 heteroatoms. The first kappa shape index (κ1) is 21.9. The fraction of sp³-hybridized carbons (Fsp3) is 0.286. The lowest BCUT2D eigenvalue weighted by atomic mass is 10.2. The van der Waals surface area contributed by atoms with Gasteiger partial charge in [0.25, 0.3) is 5.22 Å². The van der Waals surface area contributed by atoms with E-state index in [1.807, 2.05) is 0 Å². The molecule has 0 spiro atoms. The number of morpholine rings is 1. The molecular weight excluding hydrogens is 468 g/mol. The number of amides is 2. The molecule has 1 fully saturated rings. The molecule has 2 aliphatic heterocycles. The summed E-state index contributed by atoms with van der Waals surface area (Å²) in [5.74, 6) is -0.518. The lowest BCUT2D eigenvalue weighted by Crippen LogP contribution is -2.43. The first-order valence-electron chi connectivity index (χ1n) is 10.2. The number of thioether (sulfide) groups is 1. The standard InChI is InChI=1S/C21H20N4O6S2/c26-19-12-25(17-4-2-1-3-15(17)22-19)20(27)13-32-21-23-16-11-14(5-6-18(16)31-21)33(28,29)24-7-9-30-10-8-24/h1-6,11H,7-10,12-13H2,(H,22,26). The molecular formula is C21H20N4O6S2. The largest absolute Gasteiger partial charge is 0.431 e. The second kappa shape index (κ2) is 8.78. The molecule has 3 heterocycles. The number of sulfonamides is 1. The minimum absolute atomic E-state index is 0.00731. The third-order valence-electron chi connectivity index (χ3n) is 5.34. The Balaban J connectivity index is 1.31. The van der Waals surface area contributed by atoms with Crippen LogP contribution in [0.3, 0.4) is 0 Å². The van der Waals surface area contributed by atoms with Crippen LogP contribution >= 0.6 is 11.8 Å². The maximum atomic E-state index is 12.9. The molecule has 2 aromatic carbocycles. The van der Waals surface area contributed by atoms with Crippen LogP contribution in [0.5, 0.6) is 0 Å². The Morgan fingerprint density at radius 3 is 2.76 bits per heavy atom. The first-order valence-corrected chi connectivity index (χ1v) is 12.6. The van der Waals surface area contributed by atoms with Crippen LogP contribution in [0.4, 0.5) is 11.4 Å². The van der Waals surface area contributed by atoms with Crippen LogP contribution in [0.25, 0.3) is 11.1 Å². The predicted octanol–water partition coefficient (Wildman–Crippen LogP) is 1.93. The van der Waals surface area contributed by atoms with Gasteiger partial charge < -0.3 is 19.4 Å². The molecule has 2 amide bonds. The van der Waals surface area contributed by atoms with Gasteiger partial charge in [0.15, 0.2) is 5.58 Å². The molecule has 1 N–H and O–H groups in total. The number of ether oxygens (including phenoxy) is 1. The zero-order valence-electron chi connectivity index (χ0n) is 17.4. The molecule has 1 saturated heterocycles. The third kappa shape index (κ3) is 4.34. The van der Waals surface area contributed by atoms with E-state index in [9.17, 15) is 18.0 Å². The highest BCUT2D eigenvalue weighted by Crippen LogP contribution is 2.31. The van der Waals surface area contributed by atoms with Gasteiger partial charge in [0.1, 0.15) is 12.1 Å². The quantitative estimate of drug-likeness (QED) is 0.541. The number of hydrogen-bond acceptors (Lipinski definition) is 8. The minimum atomic E-state index is -3.65. The SMILES string of the molecule is O=C1CN(C(=O)CSc2nc3cc(S(=O)(=O)N4CCOCC4)ccc3o2)c2ccccc2N1. The molecule has 10 nitrogen and oxygen atoms in total. The lowest BCUT2D eigenvalue weighted by molar-refractivity contribution is -0.120. The van der Waals surface area contributed by atoms with Gasteiger partial charge in [-0.1, -0.05) is 23.9 Å². The number of para-hydroxylation sites is 2. The molecule has 3 aromatic rings. The number of nitrogens with zero attached hydrogens (tertiary/aromatic N) is 3. The molecule has 2 aliphatic rings. The van der Waals surface area contributed by atoms with Crippen molar-refractivity contribution < 1.29 is 27.2 Å². The van der Waals surface area contributed by atoms with Gasteiger partial charge in [-0.25, -0.2) is 13.4 Å². The first-order chi connectivity index (χ1) is 15.9. The van der Waals surface area contributed by atoms with Crippen LogP contribution in [-0.2, 0) is 24.3 Å². The summed E-state index contributed by atoms with van der Waals surface area (Å²) in [4.78, 5) is 30.7. The Morgan fingerprint density at radius 2 is 1.94 bits per heavy atom. The Labute approximate surface area is 193 Å². The number of nitrogens with one attached hydrogen (secondary N) is 1. The highest BCUT2D eigenvalue weighted by atomic mass is 32.2. The number of carbonyl (C=O) groups is 2. The van der Waals surface area contributed by atoms with Crippen LogP contribution in [-0.4, -0.2) is 68.1 Å². The summed E-state index contributed by atoms with van der Waals surface area (Å²) >= 11 is 1.09. The van der Waals surface area contributed by atoms with Gasteiger partial charge in [0.2, 0.25) is 21.8 Å². The van der Waals surface area contributed by atoms with Crippen LogP contribution < -0.4 is 10.2 Å². The number of fused-ring (bicyclic) bond motifs is 2. The molecule has 0 unspecified atom stereocenters. The fourth-order valence-electron chi connectivity index (χ4n) is 3.70. The Morgan fingerprint density at radius 1 is 1.15 bits per heavy atom. The van der Waals surface area contributed by atoms with Crippen molar-refractivity contribution in [2.75, 3.05) is 48.8 Å². The topological polar surface area (TPSA) is 122 Å². The van der Waals surface area contributed by atoms with Crippen LogP contribution in [0.15, 0.2) is 57.0 Å². The monoisotopic (exact) mass is 488 g/mol. The fourth-order valence-corrected chi connectivity index (χ4v) is 5.84. The molecule has 0 bridgehead atoms. The number of benzene rings is 2. The number of aromatic nitrogens is 1. The van der Waals surface area contributed by atoms with Crippen molar-refractivity contribution in [2.45, 2.75) is 10.1 Å². The normalized spacial score (nSPS) is 17.1. The molecule has 172 valence electrons. The summed E-state index contributed by atoms with van der Waals surface area (Å²) in [7, 11) is -3.65. The van der Waals surface area contributed by atoms with Gasteiger partial charge in [0, 0.05) is 13.1 Å². The van der Waals surface area contributed by atoms with Crippen molar-refractivity contribution in [3.8, 4) is 0 Å². The average Bonchev–Trinajstić information content (AvgIpc) is 3.25. The van der Waals surface area contributed by atoms with Gasteiger partial charge in [-0.2, -0.15) is 4.31 Å². The predicted molar refractivity (Wildman–Crippen MR) is 122 cm³/mol. The molecule has 5 rings (SSSR count). The minimum Gasteiger partial charge on any atom is -0.431 e. The van der Waals surface area contributed by atoms with Crippen molar-refractivity contribution in [1.82, 2.24) is 9.29 Å². The van der Waals surface area contributed by atoms with E-state index in [2.05, 4.69) is 10.3 Å². The number of hydrogen-bond donors (Lipinski definition) is 1. The lowest BCUT2D eigenvalue weighted by Gasteiger charge is -2.28. The van der Waals surface area contributed by atoms with Gasteiger partial charge in [0.05, 0.1) is 35.2 Å². The Bertz CT molecular complexity index is 1330. The van der Waals surface area contributed by atoms with Crippen LogP contribution in [0.1, 0.15) is 0 Å². The van der Waals surface area contributed by atoms with E-state index in [4.69, 9.17) is 9.15 Å². The second-order valence-electron chi connectivity index (χ2n) is 7.46. The summed E-state index contributed by atoms with van der Waals surface area (Å²) < 4.78 is 38.1. The van der Waals surface area contributed by atoms with Crippen LogP contribution in [0, 0.1) is 0 Å². The van der Waals surface area contributed by atoms with Gasteiger partial charge in [-0.15, -0.1) is 0 Å². The summed E-state index contributed by atoms with van der Waals surface area (Å²) in [5.41, 5.74) is 2.04. The van der Waals surface area contributed by atoms with Gasteiger partial charge >= 0.3 is 0 Å². The van der Waals surface area contributed by atoms with E-state index in [1.165, 1.54) is 21.3 Å². The van der Waals surface area contributed by atoms with E-state index in [0.29, 0.717) is 48.8 Å². The van der Waals surface area contributed by atoms with Crippen molar-refractivity contribution in [3.63, 3.8) is 0 Å². The van der Waals surface area contributed by atoms with Crippen molar-refractivity contribution >= 4 is 56.1 Å². The maximum absolute atomic E-state index is 12.9.